The Balaban J connectivity index is 2.86. The predicted molar refractivity (Wildman–Crippen MR) is 59.9 cm³/mol. The number of methoxy groups -OCH3 is 3. The summed E-state index contributed by atoms with van der Waals surface area (Å²) in [6.07, 6.45) is 0.854. The summed E-state index contributed by atoms with van der Waals surface area (Å²) in [6.45, 7) is 0. The lowest BCUT2D eigenvalue weighted by Gasteiger charge is -2.12. The molecule has 0 saturated carbocycles. The van der Waals surface area contributed by atoms with E-state index in [0.717, 1.165) is 17.1 Å². The molecule has 0 N–H and O–H groups in total. The number of hydrogen-bond acceptors (Lipinski definition) is 4. The Kier molecular flexibility index (Phi) is 4.64. The molecule has 1 aromatic carbocycles. The van der Waals surface area contributed by atoms with Gasteiger partial charge in [0.25, 0.3) is 0 Å². The molecule has 0 radical (unpaired) electrons. The summed E-state index contributed by atoms with van der Waals surface area (Å²) >= 11 is 0. The van der Waals surface area contributed by atoms with E-state index in [0.29, 0.717) is 12.8 Å². The Hall–Kier alpha value is -1.71. The van der Waals surface area contributed by atoms with E-state index in [1.54, 1.807) is 14.2 Å². The standard InChI is InChI=1S/C12H16O4/c1-14-10-5-4-6-11(15-2)9(10)7-8-12(13)16-3/h4-6H,7-8H2,1-3H3. The van der Waals surface area contributed by atoms with Crippen LogP contribution in [0.4, 0.5) is 0 Å². The highest BCUT2D eigenvalue weighted by molar-refractivity contribution is 5.70. The Morgan fingerprint density at radius 1 is 1.12 bits per heavy atom. The number of benzene rings is 1. The summed E-state index contributed by atoms with van der Waals surface area (Å²) in [4.78, 5) is 11.1. The molecule has 0 aliphatic heterocycles. The summed E-state index contributed by atoms with van der Waals surface area (Å²) < 4.78 is 15.0. The quantitative estimate of drug-likeness (QED) is 0.715. The normalized spacial score (nSPS) is 9.69. The molecule has 1 rings (SSSR count). The van der Waals surface area contributed by atoms with Crippen molar-refractivity contribution in [3.05, 3.63) is 23.8 Å². The highest BCUT2D eigenvalue weighted by Crippen LogP contribution is 2.29. The molecule has 0 bridgehead atoms. The van der Waals surface area contributed by atoms with Crippen LogP contribution in [0.5, 0.6) is 11.5 Å². The van der Waals surface area contributed by atoms with Crippen molar-refractivity contribution in [2.24, 2.45) is 0 Å². The van der Waals surface area contributed by atoms with Crippen LogP contribution >= 0.6 is 0 Å². The van der Waals surface area contributed by atoms with Gasteiger partial charge in [-0.3, -0.25) is 4.79 Å². The first-order chi connectivity index (χ1) is 7.72. The van der Waals surface area contributed by atoms with Crippen molar-refractivity contribution in [1.82, 2.24) is 0 Å². The molecule has 0 unspecified atom stereocenters. The fraction of sp³-hybridized carbons (Fsp3) is 0.417. The molecule has 4 heteroatoms. The van der Waals surface area contributed by atoms with E-state index in [2.05, 4.69) is 4.74 Å². The summed E-state index contributed by atoms with van der Waals surface area (Å²) in [6, 6.07) is 5.53. The molecule has 16 heavy (non-hydrogen) atoms. The molecule has 88 valence electrons. The molecule has 1 aromatic rings. The van der Waals surface area contributed by atoms with Gasteiger partial charge >= 0.3 is 5.97 Å². The summed E-state index contributed by atoms with van der Waals surface area (Å²) in [5.74, 6) is 1.21. The number of carbonyl (C=O) groups is 1. The minimum absolute atomic E-state index is 0.243. The molecular formula is C12H16O4. The fourth-order valence-corrected chi connectivity index (χ4v) is 1.50. The average Bonchev–Trinajstić information content (AvgIpc) is 2.35. The van der Waals surface area contributed by atoms with Gasteiger partial charge in [0.05, 0.1) is 21.3 Å². The van der Waals surface area contributed by atoms with Crippen molar-refractivity contribution >= 4 is 5.97 Å². The molecule has 0 aromatic heterocycles. The Bertz CT molecular complexity index is 338. The Morgan fingerprint density at radius 2 is 1.69 bits per heavy atom. The van der Waals surface area contributed by atoms with Crippen molar-refractivity contribution in [2.45, 2.75) is 12.8 Å². The largest absolute Gasteiger partial charge is 0.496 e. The molecule has 4 nitrogen and oxygen atoms in total. The average molecular weight is 224 g/mol. The van der Waals surface area contributed by atoms with Crippen LogP contribution in [0, 0.1) is 0 Å². The minimum atomic E-state index is -0.243. The Morgan fingerprint density at radius 3 is 2.12 bits per heavy atom. The molecule has 0 aliphatic carbocycles. The number of rotatable bonds is 5. The van der Waals surface area contributed by atoms with E-state index >= 15 is 0 Å². The number of esters is 1. The van der Waals surface area contributed by atoms with Gasteiger partial charge in [0.2, 0.25) is 0 Å². The Labute approximate surface area is 95.1 Å². The first-order valence-corrected chi connectivity index (χ1v) is 4.99. The molecule has 0 heterocycles. The zero-order valence-electron chi connectivity index (χ0n) is 9.78. The molecule has 0 atom stereocenters. The lowest BCUT2D eigenvalue weighted by atomic mass is 10.1. The molecular weight excluding hydrogens is 208 g/mol. The van der Waals surface area contributed by atoms with Gasteiger partial charge in [0, 0.05) is 12.0 Å². The van der Waals surface area contributed by atoms with E-state index in [4.69, 9.17) is 9.47 Å². The van der Waals surface area contributed by atoms with E-state index in [-0.39, 0.29) is 5.97 Å². The maximum atomic E-state index is 11.1. The van der Waals surface area contributed by atoms with E-state index in [1.807, 2.05) is 18.2 Å². The van der Waals surface area contributed by atoms with Gasteiger partial charge in [-0.1, -0.05) is 6.07 Å². The summed E-state index contributed by atoms with van der Waals surface area (Å²) in [5.41, 5.74) is 0.887. The van der Waals surface area contributed by atoms with Crippen LogP contribution in [-0.4, -0.2) is 27.3 Å². The minimum Gasteiger partial charge on any atom is -0.496 e. The van der Waals surface area contributed by atoms with Crippen LogP contribution in [0.3, 0.4) is 0 Å². The second kappa shape index (κ2) is 6.00. The molecule has 0 spiro atoms. The SMILES string of the molecule is COC(=O)CCc1c(OC)cccc1OC. The van der Waals surface area contributed by atoms with Gasteiger partial charge in [-0.25, -0.2) is 0 Å². The van der Waals surface area contributed by atoms with E-state index < -0.39 is 0 Å². The van der Waals surface area contributed by atoms with Crippen molar-refractivity contribution in [2.75, 3.05) is 21.3 Å². The second-order valence-electron chi connectivity index (χ2n) is 3.22. The third-order valence-corrected chi connectivity index (χ3v) is 2.34. The topological polar surface area (TPSA) is 44.8 Å². The summed E-state index contributed by atoms with van der Waals surface area (Å²) in [5, 5.41) is 0. The lowest BCUT2D eigenvalue weighted by molar-refractivity contribution is -0.140. The van der Waals surface area contributed by atoms with Crippen LogP contribution in [0.15, 0.2) is 18.2 Å². The second-order valence-corrected chi connectivity index (χ2v) is 3.22. The van der Waals surface area contributed by atoms with E-state index in [1.165, 1.54) is 7.11 Å². The van der Waals surface area contributed by atoms with Crippen LogP contribution in [0.25, 0.3) is 0 Å². The zero-order chi connectivity index (χ0) is 12.0. The van der Waals surface area contributed by atoms with Gasteiger partial charge in [-0.05, 0) is 18.6 Å². The third kappa shape index (κ3) is 2.89. The number of carbonyl (C=O) groups excluding carboxylic acids is 1. The van der Waals surface area contributed by atoms with Crippen LogP contribution in [-0.2, 0) is 16.0 Å². The molecule has 0 aliphatic rings. The third-order valence-electron chi connectivity index (χ3n) is 2.34. The van der Waals surface area contributed by atoms with E-state index in [9.17, 15) is 4.79 Å². The number of hydrogen-bond donors (Lipinski definition) is 0. The van der Waals surface area contributed by atoms with Crippen molar-refractivity contribution in [3.63, 3.8) is 0 Å². The van der Waals surface area contributed by atoms with Gasteiger partial charge in [0.15, 0.2) is 0 Å². The molecule has 0 saturated heterocycles. The number of ether oxygens (including phenoxy) is 3. The predicted octanol–water partition coefficient (Wildman–Crippen LogP) is 1.81. The monoisotopic (exact) mass is 224 g/mol. The molecule has 0 amide bonds. The molecule has 0 fully saturated rings. The maximum absolute atomic E-state index is 11.1. The first-order valence-electron chi connectivity index (χ1n) is 4.99. The van der Waals surface area contributed by atoms with Gasteiger partial charge in [0.1, 0.15) is 11.5 Å². The van der Waals surface area contributed by atoms with Gasteiger partial charge in [-0.2, -0.15) is 0 Å². The van der Waals surface area contributed by atoms with Gasteiger partial charge < -0.3 is 14.2 Å². The van der Waals surface area contributed by atoms with Crippen LogP contribution < -0.4 is 9.47 Å². The van der Waals surface area contributed by atoms with Crippen molar-refractivity contribution in [3.8, 4) is 11.5 Å². The van der Waals surface area contributed by atoms with Crippen molar-refractivity contribution < 1.29 is 19.0 Å². The van der Waals surface area contributed by atoms with Gasteiger partial charge in [-0.15, -0.1) is 0 Å². The highest BCUT2D eigenvalue weighted by atomic mass is 16.5. The van der Waals surface area contributed by atoms with Crippen LogP contribution in [0.2, 0.25) is 0 Å². The smallest absolute Gasteiger partial charge is 0.305 e. The summed E-state index contributed by atoms with van der Waals surface area (Å²) in [7, 11) is 4.56. The van der Waals surface area contributed by atoms with Crippen LogP contribution in [0.1, 0.15) is 12.0 Å². The highest BCUT2D eigenvalue weighted by Gasteiger charge is 2.11. The fourth-order valence-electron chi connectivity index (χ4n) is 1.50. The lowest BCUT2D eigenvalue weighted by Crippen LogP contribution is -2.04. The zero-order valence-corrected chi connectivity index (χ0v) is 9.78. The maximum Gasteiger partial charge on any atom is 0.305 e. The first kappa shape index (κ1) is 12.4. The van der Waals surface area contributed by atoms with Crippen molar-refractivity contribution in [1.29, 1.82) is 0 Å².